The zero-order chi connectivity index (χ0) is 16.3. The summed E-state index contributed by atoms with van der Waals surface area (Å²) in [6.45, 7) is 5.54. The van der Waals surface area contributed by atoms with Crippen LogP contribution in [0.1, 0.15) is 20.8 Å². The molecule has 1 saturated heterocycles. The Morgan fingerprint density at radius 3 is 2.68 bits per heavy atom. The van der Waals surface area contributed by atoms with Crippen LogP contribution in [-0.2, 0) is 9.53 Å². The van der Waals surface area contributed by atoms with Gasteiger partial charge in [-0.3, -0.25) is 9.69 Å². The second kappa shape index (κ2) is 6.48. The van der Waals surface area contributed by atoms with Gasteiger partial charge in [-0.2, -0.15) is 0 Å². The lowest BCUT2D eigenvalue weighted by molar-refractivity contribution is -0.122. The third kappa shape index (κ3) is 3.85. The fourth-order valence-electron chi connectivity index (χ4n) is 1.96. The van der Waals surface area contributed by atoms with Crippen molar-refractivity contribution in [1.82, 2.24) is 5.32 Å². The second-order valence-electron chi connectivity index (χ2n) is 5.85. The Balaban J connectivity index is 2.05. The van der Waals surface area contributed by atoms with Gasteiger partial charge < -0.3 is 14.8 Å². The molecular formula is C15H20N2O4S. The number of rotatable bonds is 3. The summed E-state index contributed by atoms with van der Waals surface area (Å²) in [5.41, 5.74) is -0.580. The number of nitrogens with zero attached hydrogens (tertiary/aromatic N) is 1. The number of thioether (sulfide) groups is 1. The molecule has 1 N–H and O–H groups in total. The van der Waals surface area contributed by atoms with Crippen molar-refractivity contribution >= 4 is 29.4 Å². The molecule has 1 aromatic rings. The Labute approximate surface area is 134 Å². The largest absolute Gasteiger partial charge is 0.495 e. The van der Waals surface area contributed by atoms with Gasteiger partial charge in [-0.05, 0) is 32.9 Å². The fraction of sp³-hybridized carbons (Fsp3) is 0.467. The molecule has 0 spiro atoms. The van der Waals surface area contributed by atoms with Gasteiger partial charge in [-0.25, -0.2) is 4.79 Å². The Kier molecular flexibility index (Phi) is 4.85. The number of hydrogen-bond acceptors (Lipinski definition) is 5. The average Bonchev–Trinajstić information content (AvgIpc) is 2.78. The molecule has 0 aromatic heterocycles. The van der Waals surface area contributed by atoms with Crippen LogP contribution in [-0.4, -0.2) is 36.0 Å². The van der Waals surface area contributed by atoms with Crippen LogP contribution in [0.15, 0.2) is 24.3 Å². The van der Waals surface area contributed by atoms with Gasteiger partial charge in [0.1, 0.15) is 5.75 Å². The van der Waals surface area contributed by atoms with E-state index >= 15 is 0 Å². The number of methoxy groups -OCH3 is 1. The summed E-state index contributed by atoms with van der Waals surface area (Å²) in [4.78, 5) is 25.8. The van der Waals surface area contributed by atoms with Crippen molar-refractivity contribution in [2.75, 3.05) is 17.9 Å². The van der Waals surface area contributed by atoms with Crippen LogP contribution in [0.5, 0.6) is 5.75 Å². The van der Waals surface area contributed by atoms with Gasteiger partial charge in [0.25, 0.3) is 5.91 Å². The van der Waals surface area contributed by atoms with Gasteiger partial charge in [0.05, 0.1) is 18.7 Å². The highest BCUT2D eigenvalue weighted by molar-refractivity contribution is 8.01. The van der Waals surface area contributed by atoms with E-state index in [-0.39, 0.29) is 5.91 Å². The molecule has 2 rings (SSSR count). The minimum Gasteiger partial charge on any atom is -0.495 e. The van der Waals surface area contributed by atoms with Gasteiger partial charge in [0.2, 0.25) is 5.44 Å². The number of alkyl carbamates (subject to hydrolysis) is 1. The Morgan fingerprint density at radius 2 is 2.05 bits per heavy atom. The minimum absolute atomic E-state index is 0.265. The van der Waals surface area contributed by atoms with E-state index in [9.17, 15) is 9.59 Å². The monoisotopic (exact) mass is 324 g/mol. The molecule has 1 aliphatic heterocycles. The fourth-order valence-corrected chi connectivity index (χ4v) is 2.94. The first-order chi connectivity index (χ1) is 10.3. The molecule has 1 heterocycles. The smallest absolute Gasteiger partial charge is 0.409 e. The van der Waals surface area contributed by atoms with Gasteiger partial charge in [0.15, 0.2) is 0 Å². The van der Waals surface area contributed by atoms with Gasteiger partial charge in [-0.15, -0.1) is 0 Å². The maximum Gasteiger partial charge on any atom is 0.409 e. The molecule has 22 heavy (non-hydrogen) atoms. The summed E-state index contributed by atoms with van der Waals surface area (Å²) >= 11 is 1.26. The van der Waals surface area contributed by atoms with Crippen LogP contribution in [0.3, 0.4) is 0 Å². The molecule has 1 atom stereocenters. The SMILES string of the molecule is COc1ccccc1N1CSC(OC(=O)NC(C)(C)C)C1=O. The van der Waals surface area contributed by atoms with Crippen molar-refractivity contribution in [3.63, 3.8) is 0 Å². The van der Waals surface area contributed by atoms with Gasteiger partial charge >= 0.3 is 6.09 Å². The molecule has 0 bridgehead atoms. The van der Waals surface area contributed by atoms with Crippen LogP contribution in [0, 0.1) is 0 Å². The maximum atomic E-state index is 12.4. The maximum absolute atomic E-state index is 12.4. The summed E-state index contributed by atoms with van der Waals surface area (Å²) in [5, 5.41) is 2.67. The molecule has 2 amide bonds. The van der Waals surface area contributed by atoms with Crippen molar-refractivity contribution in [2.24, 2.45) is 0 Å². The topological polar surface area (TPSA) is 67.9 Å². The van der Waals surface area contributed by atoms with Crippen molar-refractivity contribution < 1.29 is 19.1 Å². The van der Waals surface area contributed by atoms with Crippen molar-refractivity contribution in [3.05, 3.63) is 24.3 Å². The first-order valence-electron chi connectivity index (χ1n) is 6.86. The third-order valence-corrected chi connectivity index (χ3v) is 3.90. The van der Waals surface area contributed by atoms with Crippen LogP contribution in [0.4, 0.5) is 10.5 Å². The highest BCUT2D eigenvalue weighted by Crippen LogP contribution is 2.35. The number of carbonyl (C=O) groups is 2. The zero-order valence-electron chi connectivity index (χ0n) is 13.1. The van der Waals surface area contributed by atoms with E-state index in [0.29, 0.717) is 17.3 Å². The molecule has 120 valence electrons. The molecule has 1 aromatic carbocycles. The lowest BCUT2D eigenvalue weighted by atomic mass is 10.1. The van der Waals surface area contributed by atoms with E-state index in [1.54, 1.807) is 24.1 Å². The molecule has 0 saturated carbocycles. The number of hydrogen-bond donors (Lipinski definition) is 1. The van der Waals surface area contributed by atoms with Crippen molar-refractivity contribution in [3.8, 4) is 5.75 Å². The average molecular weight is 324 g/mol. The van der Waals surface area contributed by atoms with Crippen LogP contribution < -0.4 is 15.0 Å². The van der Waals surface area contributed by atoms with E-state index in [1.807, 2.05) is 32.9 Å². The number of ether oxygens (including phenoxy) is 2. The van der Waals surface area contributed by atoms with E-state index in [4.69, 9.17) is 9.47 Å². The van der Waals surface area contributed by atoms with Crippen LogP contribution in [0.2, 0.25) is 0 Å². The Morgan fingerprint density at radius 1 is 1.36 bits per heavy atom. The van der Waals surface area contributed by atoms with Crippen LogP contribution >= 0.6 is 11.8 Å². The molecule has 0 radical (unpaired) electrons. The molecule has 7 heteroatoms. The first-order valence-corrected chi connectivity index (χ1v) is 7.91. The second-order valence-corrected chi connectivity index (χ2v) is 6.87. The number of para-hydroxylation sites is 2. The lowest BCUT2D eigenvalue weighted by Crippen LogP contribution is -2.43. The van der Waals surface area contributed by atoms with Gasteiger partial charge in [-0.1, -0.05) is 23.9 Å². The lowest BCUT2D eigenvalue weighted by Gasteiger charge is -2.21. The first kappa shape index (κ1) is 16.5. The molecule has 1 aliphatic rings. The summed E-state index contributed by atoms with van der Waals surface area (Å²) in [6.07, 6.45) is -0.597. The molecule has 0 aliphatic carbocycles. The third-order valence-electron chi connectivity index (χ3n) is 2.89. The summed E-state index contributed by atoms with van der Waals surface area (Å²) in [5.74, 6) is 0.752. The van der Waals surface area contributed by atoms with Crippen molar-refractivity contribution in [2.45, 2.75) is 31.7 Å². The molecular weight excluding hydrogens is 304 g/mol. The van der Waals surface area contributed by atoms with E-state index in [2.05, 4.69) is 5.32 Å². The quantitative estimate of drug-likeness (QED) is 0.925. The summed E-state index contributed by atoms with van der Waals surface area (Å²) in [7, 11) is 1.55. The predicted molar refractivity (Wildman–Crippen MR) is 86.1 cm³/mol. The van der Waals surface area contributed by atoms with E-state index in [1.165, 1.54) is 11.8 Å². The molecule has 1 fully saturated rings. The van der Waals surface area contributed by atoms with Crippen LogP contribution in [0.25, 0.3) is 0 Å². The normalized spacial score (nSPS) is 18.3. The van der Waals surface area contributed by atoms with Gasteiger partial charge in [0, 0.05) is 5.54 Å². The minimum atomic E-state index is -0.840. The molecule has 6 nitrogen and oxygen atoms in total. The highest BCUT2D eigenvalue weighted by Gasteiger charge is 2.37. The molecule has 1 unspecified atom stereocenters. The Bertz CT molecular complexity index is 571. The standard InChI is InChI=1S/C15H20N2O4S/c1-15(2,3)16-14(19)21-13-12(18)17(9-22-13)10-7-5-6-8-11(10)20-4/h5-8,13H,9H2,1-4H3,(H,16,19). The number of amides is 2. The Hall–Kier alpha value is -1.89. The summed E-state index contributed by atoms with van der Waals surface area (Å²) < 4.78 is 10.5. The summed E-state index contributed by atoms with van der Waals surface area (Å²) in [6, 6.07) is 7.25. The van der Waals surface area contributed by atoms with E-state index < -0.39 is 17.1 Å². The number of benzene rings is 1. The number of anilines is 1. The highest BCUT2D eigenvalue weighted by atomic mass is 32.2. The van der Waals surface area contributed by atoms with E-state index in [0.717, 1.165) is 0 Å². The zero-order valence-corrected chi connectivity index (χ0v) is 13.9. The number of nitrogens with one attached hydrogen (secondary N) is 1. The predicted octanol–water partition coefficient (Wildman–Crippen LogP) is 2.58. The van der Waals surface area contributed by atoms with Crippen molar-refractivity contribution in [1.29, 1.82) is 0 Å². The number of carbonyl (C=O) groups excluding carboxylic acids is 2.